The van der Waals surface area contributed by atoms with Gasteiger partial charge in [0, 0.05) is 32.7 Å². The zero-order chi connectivity index (χ0) is 31.7. The van der Waals surface area contributed by atoms with E-state index in [1.807, 2.05) is 30.3 Å². The zero-order valence-electron chi connectivity index (χ0n) is 26.5. The van der Waals surface area contributed by atoms with Crippen LogP contribution in [-0.2, 0) is 37.9 Å². The van der Waals surface area contributed by atoms with Crippen molar-refractivity contribution in [3.05, 3.63) is 77.7 Å². The maximum atomic E-state index is 14.0. The lowest BCUT2D eigenvalue weighted by atomic mass is 9.87. The Morgan fingerprint density at radius 3 is 2.27 bits per heavy atom. The van der Waals surface area contributed by atoms with Gasteiger partial charge in [0.05, 0.1) is 51.7 Å². The molecule has 4 rings (SSSR count). The van der Waals surface area contributed by atoms with E-state index < -0.39 is 10.0 Å². The monoisotopic (exact) mass is 627 g/mol. The summed E-state index contributed by atoms with van der Waals surface area (Å²) in [7, 11) is -0.802. The molecule has 11 heteroatoms. The van der Waals surface area contributed by atoms with E-state index in [1.165, 1.54) is 4.31 Å². The number of hydrogen-bond acceptors (Lipinski definition) is 8. The van der Waals surface area contributed by atoms with Crippen LogP contribution in [0, 0.1) is 0 Å². The molecule has 0 aliphatic carbocycles. The molecule has 0 saturated carbocycles. The lowest BCUT2D eigenvalue weighted by molar-refractivity contribution is -0.132. The third-order valence-electron chi connectivity index (χ3n) is 7.84. The van der Waals surface area contributed by atoms with Gasteiger partial charge in [-0.25, -0.2) is 8.42 Å². The fourth-order valence-corrected chi connectivity index (χ4v) is 6.45. The fourth-order valence-electron chi connectivity index (χ4n) is 5.07. The Hall–Kier alpha value is -3.38. The van der Waals surface area contributed by atoms with Crippen LogP contribution in [0.2, 0.25) is 0 Å². The lowest BCUT2D eigenvalue weighted by Crippen LogP contribution is -2.47. The van der Waals surface area contributed by atoms with Gasteiger partial charge in [-0.3, -0.25) is 9.69 Å². The molecule has 0 N–H and O–H groups in total. The fraction of sp³-hybridized carbons (Fsp3) is 0.485. The highest BCUT2D eigenvalue weighted by atomic mass is 32.2. The van der Waals surface area contributed by atoms with Crippen molar-refractivity contribution in [1.29, 1.82) is 0 Å². The number of morpholine rings is 1. The van der Waals surface area contributed by atoms with E-state index in [2.05, 4.69) is 25.7 Å². The summed E-state index contributed by atoms with van der Waals surface area (Å²) in [5, 5.41) is 0. The molecule has 1 saturated heterocycles. The van der Waals surface area contributed by atoms with Crippen LogP contribution in [0.25, 0.3) is 0 Å². The second kappa shape index (κ2) is 15.1. The molecule has 2 heterocycles. The molecule has 0 unspecified atom stereocenters. The number of ether oxygens (including phenoxy) is 3. The van der Waals surface area contributed by atoms with Crippen LogP contribution in [-0.4, -0.2) is 95.1 Å². The molecule has 1 fully saturated rings. The number of nitrogens with zero attached hydrogens (tertiary/aromatic N) is 3. The standard InChI is InChI=1S/C33H45N3O7S/c1-33(2,3)27-9-11-29(12-10-27)44(38,39)36(17-16-34-18-21-42-22-19-34)25-32(37)35(24-28-7-6-20-43-28)15-14-26-8-13-30(40-4)31(23-26)41-5/h6-13,20,23H,14-19,21-22,24-25H2,1-5H3. The molecule has 1 aliphatic rings. The minimum atomic E-state index is -3.96. The van der Waals surface area contributed by atoms with Gasteiger partial charge in [0.25, 0.3) is 0 Å². The molecular weight excluding hydrogens is 582 g/mol. The van der Waals surface area contributed by atoms with Crippen molar-refractivity contribution in [1.82, 2.24) is 14.1 Å². The minimum Gasteiger partial charge on any atom is -0.493 e. The van der Waals surface area contributed by atoms with Crippen molar-refractivity contribution >= 4 is 15.9 Å². The summed E-state index contributed by atoms with van der Waals surface area (Å²) >= 11 is 0. The number of amides is 1. The number of sulfonamides is 1. The van der Waals surface area contributed by atoms with E-state index in [1.54, 1.807) is 49.6 Å². The summed E-state index contributed by atoms with van der Waals surface area (Å²) < 4.78 is 51.2. The first kappa shape index (κ1) is 33.5. The number of methoxy groups -OCH3 is 2. The summed E-state index contributed by atoms with van der Waals surface area (Å²) in [5.41, 5.74) is 1.87. The van der Waals surface area contributed by atoms with Gasteiger partial charge in [0.15, 0.2) is 11.5 Å². The van der Waals surface area contributed by atoms with Crippen molar-refractivity contribution < 1.29 is 31.8 Å². The molecule has 0 bridgehead atoms. The number of rotatable bonds is 14. The van der Waals surface area contributed by atoms with E-state index in [0.29, 0.717) is 50.0 Å². The van der Waals surface area contributed by atoms with Crippen molar-refractivity contribution in [3.8, 4) is 11.5 Å². The number of hydrogen-bond donors (Lipinski definition) is 0. The Bertz CT molecular complexity index is 1450. The molecule has 240 valence electrons. The molecule has 0 spiro atoms. The van der Waals surface area contributed by atoms with Crippen LogP contribution >= 0.6 is 0 Å². The van der Waals surface area contributed by atoms with Gasteiger partial charge in [0.1, 0.15) is 5.76 Å². The molecule has 2 aromatic carbocycles. The minimum absolute atomic E-state index is 0.117. The topological polar surface area (TPSA) is 102 Å². The Balaban J connectivity index is 1.57. The second-order valence-corrected chi connectivity index (χ2v) is 13.8. The Kier molecular flexibility index (Phi) is 11.5. The van der Waals surface area contributed by atoms with Gasteiger partial charge >= 0.3 is 0 Å². The first-order valence-electron chi connectivity index (χ1n) is 14.9. The van der Waals surface area contributed by atoms with Gasteiger partial charge in [0.2, 0.25) is 15.9 Å². The van der Waals surface area contributed by atoms with Crippen LogP contribution in [0.3, 0.4) is 0 Å². The molecule has 44 heavy (non-hydrogen) atoms. The number of carbonyl (C=O) groups is 1. The van der Waals surface area contributed by atoms with Crippen LogP contribution in [0.15, 0.2) is 70.2 Å². The second-order valence-electron chi connectivity index (χ2n) is 11.9. The molecule has 0 radical (unpaired) electrons. The lowest BCUT2D eigenvalue weighted by Gasteiger charge is -2.31. The molecule has 10 nitrogen and oxygen atoms in total. The van der Waals surface area contributed by atoms with E-state index in [-0.39, 0.29) is 35.9 Å². The summed E-state index contributed by atoms with van der Waals surface area (Å²) in [5.74, 6) is 1.54. The molecule has 0 atom stereocenters. The first-order chi connectivity index (χ1) is 21.0. The number of benzene rings is 2. The van der Waals surface area contributed by atoms with E-state index in [4.69, 9.17) is 18.6 Å². The Labute approximate surface area is 261 Å². The third-order valence-corrected chi connectivity index (χ3v) is 9.70. The largest absolute Gasteiger partial charge is 0.493 e. The normalized spacial score (nSPS) is 14.5. The Morgan fingerprint density at radius 1 is 0.955 bits per heavy atom. The molecule has 1 aromatic heterocycles. The average molecular weight is 628 g/mol. The summed E-state index contributed by atoms with van der Waals surface area (Å²) in [4.78, 5) is 17.9. The van der Waals surface area contributed by atoms with Gasteiger partial charge in [-0.2, -0.15) is 4.31 Å². The molecule has 1 amide bonds. The van der Waals surface area contributed by atoms with Crippen LogP contribution in [0.5, 0.6) is 11.5 Å². The van der Waals surface area contributed by atoms with Crippen LogP contribution in [0.1, 0.15) is 37.7 Å². The van der Waals surface area contributed by atoms with E-state index in [0.717, 1.165) is 24.2 Å². The maximum Gasteiger partial charge on any atom is 0.243 e. The number of furan rings is 1. The van der Waals surface area contributed by atoms with Gasteiger partial charge in [-0.1, -0.05) is 39.0 Å². The zero-order valence-corrected chi connectivity index (χ0v) is 27.3. The highest BCUT2D eigenvalue weighted by Gasteiger charge is 2.30. The molecule has 3 aromatic rings. The van der Waals surface area contributed by atoms with Gasteiger partial charge < -0.3 is 23.5 Å². The first-order valence-corrected chi connectivity index (χ1v) is 16.4. The maximum absolute atomic E-state index is 14.0. The van der Waals surface area contributed by atoms with Crippen LogP contribution in [0.4, 0.5) is 0 Å². The van der Waals surface area contributed by atoms with Crippen molar-refractivity contribution in [2.24, 2.45) is 0 Å². The predicted molar refractivity (Wildman–Crippen MR) is 169 cm³/mol. The highest BCUT2D eigenvalue weighted by molar-refractivity contribution is 7.89. The highest BCUT2D eigenvalue weighted by Crippen LogP contribution is 2.28. The Morgan fingerprint density at radius 2 is 1.66 bits per heavy atom. The van der Waals surface area contributed by atoms with Gasteiger partial charge in [-0.05, 0) is 59.4 Å². The van der Waals surface area contributed by atoms with Crippen molar-refractivity contribution in [2.45, 2.75) is 44.0 Å². The van der Waals surface area contributed by atoms with E-state index in [9.17, 15) is 13.2 Å². The molecule has 1 aliphatic heterocycles. The summed E-state index contributed by atoms with van der Waals surface area (Å²) in [6.45, 7) is 9.86. The van der Waals surface area contributed by atoms with Crippen molar-refractivity contribution in [3.63, 3.8) is 0 Å². The summed E-state index contributed by atoms with van der Waals surface area (Å²) in [6.07, 6.45) is 2.09. The predicted octanol–water partition coefficient (Wildman–Crippen LogP) is 4.19. The molecular formula is C33H45N3O7S. The quantitative estimate of drug-likeness (QED) is 0.262. The van der Waals surface area contributed by atoms with Crippen molar-refractivity contribution in [2.75, 3.05) is 66.7 Å². The smallest absolute Gasteiger partial charge is 0.243 e. The van der Waals surface area contributed by atoms with E-state index >= 15 is 0 Å². The average Bonchev–Trinajstić information content (AvgIpc) is 3.54. The SMILES string of the molecule is COc1ccc(CCN(Cc2ccco2)C(=O)CN(CCN2CCOCC2)S(=O)(=O)c2ccc(C(C)(C)C)cc2)cc1OC. The third kappa shape index (κ3) is 8.84. The summed E-state index contributed by atoms with van der Waals surface area (Å²) in [6, 6.07) is 16.2. The van der Waals surface area contributed by atoms with Crippen LogP contribution < -0.4 is 9.47 Å². The van der Waals surface area contributed by atoms with Gasteiger partial charge in [-0.15, -0.1) is 0 Å². The number of carbonyl (C=O) groups excluding carboxylic acids is 1.